The lowest BCUT2D eigenvalue weighted by molar-refractivity contribution is 0.389. The largest absolute Gasteiger partial charge is 0.317 e. The molecule has 0 aromatic carbocycles. The Morgan fingerprint density at radius 3 is 2.47 bits per heavy atom. The summed E-state index contributed by atoms with van der Waals surface area (Å²) < 4.78 is 27.2. The topological polar surface area (TPSA) is 52.7 Å². The molecule has 1 heterocycles. The predicted octanol–water partition coefficient (Wildman–Crippen LogP) is 0.649. The predicted molar refractivity (Wildman–Crippen MR) is 70.1 cm³/mol. The van der Waals surface area contributed by atoms with Gasteiger partial charge in [0.05, 0.1) is 0 Å². The molecule has 5 nitrogen and oxygen atoms in total. The smallest absolute Gasteiger partial charge is 0.281 e. The van der Waals surface area contributed by atoms with Crippen LogP contribution in [0.3, 0.4) is 0 Å². The molecule has 0 aromatic heterocycles. The fourth-order valence-electron chi connectivity index (χ4n) is 1.96. The fraction of sp³-hybridized carbons (Fsp3) is 1.00. The molecular weight excluding hydrogens is 238 g/mol. The normalized spacial score (nSPS) is 18.1. The van der Waals surface area contributed by atoms with Crippen LogP contribution in [-0.4, -0.2) is 56.8 Å². The van der Waals surface area contributed by atoms with Gasteiger partial charge in [0.25, 0.3) is 10.2 Å². The second-order valence-corrected chi connectivity index (χ2v) is 6.57. The van der Waals surface area contributed by atoms with E-state index in [1.165, 1.54) is 4.31 Å². The van der Waals surface area contributed by atoms with Crippen LogP contribution in [0.5, 0.6) is 0 Å². The van der Waals surface area contributed by atoms with Gasteiger partial charge in [0.15, 0.2) is 0 Å². The third kappa shape index (κ3) is 4.54. The summed E-state index contributed by atoms with van der Waals surface area (Å²) in [7, 11) is -1.52. The van der Waals surface area contributed by atoms with Gasteiger partial charge in [-0.3, -0.25) is 0 Å². The molecule has 1 aliphatic rings. The minimum atomic E-state index is -3.19. The summed E-state index contributed by atoms with van der Waals surface area (Å²) >= 11 is 0. The van der Waals surface area contributed by atoms with Crippen molar-refractivity contribution < 1.29 is 8.42 Å². The lowest BCUT2D eigenvalue weighted by Crippen LogP contribution is -2.41. The van der Waals surface area contributed by atoms with Crippen LogP contribution in [0.15, 0.2) is 0 Å². The average molecular weight is 263 g/mol. The van der Waals surface area contributed by atoms with Crippen molar-refractivity contribution in [2.24, 2.45) is 0 Å². The van der Waals surface area contributed by atoms with Crippen LogP contribution in [0.1, 0.15) is 32.6 Å². The monoisotopic (exact) mass is 263 g/mol. The van der Waals surface area contributed by atoms with E-state index >= 15 is 0 Å². The van der Waals surface area contributed by atoms with E-state index in [2.05, 4.69) is 12.2 Å². The highest BCUT2D eigenvalue weighted by atomic mass is 32.2. The minimum Gasteiger partial charge on any atom is -0.317 e. The summed E-state index contributed by atoms with van der Waals surface area (Å²) in [5.41, 5.74) is 0. The van der Waals surface area contributed by atoms with E-state index in [-0.39, 0.29) is 0 Å². The van der Waals surface area contributed by atoms with Crippen molar-refractivity contribution in [3.63, 3.8) is 0 Å². The Hall–Kier alpha value is -0.170. The van der Waals surface area contributed by atoms with Crippen LogP contribution in [0, 0.1) is 0 Å². The summed E-state index contributed by atoms with van der Waals surface area (Å²) in [6, 6.07) is 0. The Bertz CT molecular complexity index is 300. The molecule has 0 bridgehead atoms. The molecule has 1 N–H and O–H groups in total. The lowest BCUT2D eigenvalue weighted by Gasteiger charge is -2.23. The van der Waals surface area contributed by atoms with Gasteiger partial charge in [0.2, 0.25) is 0 Å². The molecule has 0 amide bonds. The van der Waals surface area contributed by atoms with Crippen LogP contribution in [0.25, 0.3) is 0 Å². The maximum Gasteiger partial charge on any atom is 0.281 e. The molecule has 6 heteroatoms. The molecule has 0 unspecified atom stereocenters. The first-order valence-corrected chi connectivity index (χ1v) is 7.91. The SMILES string of the molecule is CCCNCCCN(C)S(=O)(=O)N1CCCC1. The standard InChI is InChI=1S/C11H25N3O2S/c1-3-7-12-8-6-9-13(2)17(15,16)14-10-4-5-11-14/h12H,3-11H2,1-2H3. The molecule has 1 fully saturated rings. The van der Waals surface area contributed by atoms with Gasteiger partial charge < -0.3 is 5.32 Å². The summed E-state index contributed by atoms with van der Waals surface area (Å²) in [6.45, 7) is 5.96. The van der Waals surface area contributed by atoms with Gasteiger partial charge in [-0.25, -0.2) is 0 Å². The van der Waals surface area contributed by atoms with Crippen molar-refractivity contribution in [2.75, 3.05) is 39.8 Å². The van der Waals surface area contributed by atoms with Crippen LogP contribution >= 0.6 is 0 Å². The third-order valence-electron chi connectivity index (χ3n) is 3.04. The number of hydrogen-bond acceptors (Lipinski definition) is 3. The van der Waals surface area contributed by atoms with Crippen LogP contribution in [0.4, 0.5) is 0 Å². The molecule has 0 atom stereocenters. The first-order chi connectivity index (χ1) is 8.09. The van der Waals surface area contributed by atoms with E-state index in [9.17, 15) is 8.42 Å². The number of rotatable bonds is 8. The molecule has 0 radical (unpaired) electrons. The molecular formula is C11H25N3O2S. The maximum absolute atomic E-state index is 12.1. The van der Waals surface area contributed by atoms with Crippen molar-refractivity contribution in [1.29, 1.82) is 0 Å². The van der Waals surface area contributed by atoms with E-state index < -0.39 is 10.2 Å². The minimum absolute atomic E-state index is 0.593. The Morgan fingerprint density at radius 1 is 1.24 bits per heavy atom. The molecule has 1 aliphatic heterocycles. The highest BCUT2D eigenvalue weighted by Gasteiger charge is 2.28. The van der Waals surface area contributed by atoms with Gasteiger partial charge in [-0.05, 0) is 38.8 Å². The Balaban J connectivity index is 2.28. The molecule has 17 heavy (non-hydrogen) atoms. The van der Waals surface area contributed by atoms with Crippen LogP contribution < -0.4 is 5.32 Å². The Labute approximate surface area is 105 Å². The van der Waals surface area contributed by atoms with Gasteiger partial charge >= 0.3 is 0 Å². The lowest BCUT2D eigenvalue weighted by atomic mass is 10.4. The molecule has 0 spiro atoms. The zero-order valence-electron chi connectivity index (χ0n) is 11.0. The molecule has 0 saturated carbocycles. The van der Waals surface area contributed by atoms with Crippen LogP contribution in [0.2, 0.25) is 0 Å². The molecule has 102 valence electrons. The van der Waals surface area contributed by atoms with E-state index in [1.807, 2.05) is 0 Å². The highest BCUT2D eigenvalue weighted by molar-refractivity contribution is 7.86. The molecule has 0 aromatic rings. The average Bonchev–Trinajstić information content (AvgIpc) is 2.82. The second kappa shape index (κ2) is 7.31. The van der Waals surface area contributed by atoms with Gasteiger partial charge in [-0.15, -0.1) is 0 Å². The Kier molecular flexibility index (Phi) is 6.40. The van der Waals surface area contributed by atoms with Crippen molar-refractivity contribution in [2.45, 2.75) is 32.6 Å². The number of hydrogen-bond donors (Lipinski definition) is 1. The van der Waals surface area contributed by atoms with Gasteiger partial charge in [-0.2, -0.15) is 17.0 Å². The van der Waals surface area contributed by atoms with Gasteiger partial charge in [0, 0.05) is 26.7 Å². The van der Waals surface area contributed by atoms with E-state index in [0.717, 1.165) is 38.8 Å². The summed E-state index contributed by atoms with van der Waals surface area (Å²) in [5, 5.41) is 3.28. The van der Waals surface area contributed by atoms with E-state index in [0.29, 0.717) is 19.6 Å². The van der Waals surface area contributed by atoms with Crippen molar-refractivity contribution in [3.8, 4) is 0 Å². The summed E-state index contributed by atoms with van der Waals surface area (Å²) in [6.07, 6.45) is 3.96. The zero-order chi connectivity index (χ0) is 12.7. The zero-order valence-corrected chi connectivity index (χ0v) is 11.8. The number of nitrogens with one attached hydrogen (secondary N) is 1. The van der Waals surface area contributed by atoms with E-state index in [4.69, 9.17) is 0 Å². The maximum atomic E-state index is 12.1. The third-order valence-corrected chi connectivity index (χ3v) is 5.03. The van der Waals surface area contributed by atoms with Crippen LogP contribution in [-0.2, 0) is 10.2 Å². The van der Waals surface area contributed by atoms with Gasteiger partial charge in [0.1, 0.15) is 0 Å². The number of nitrogens with zero attached hydrogens (tertiary/aromatic N) is 2. The van der Waals surface area contributed by atoms with E-state index in [1.54, 1.807) is 11.4 Å². The molecule has 0 aliphatic carbocycles. The van der Waals surface area contributed by atoms with Crippen molar-refractivity contribution in [3.05, 3.63) is 0 Å². The Morgan fingerprint density at radius 2 is 1.88 bits per heavy atom. The second-order valence-electron chi connectivity index (χ2n) is 4.54. The van der Waals surface area contributed by atoms with Crippen molar-refractivity contribution >= 4 is 10.2 Å². The molecule has 1 saturated heterocycles. The quantitative estimate of drug-likeness (QED) is 0.654. The van der Waals surface area contributed by atoms with Gasteiger partial charge in [-0.1, -0.05) is 6.92 Å². The van der Waals surface area contributed by atoms with Crippen molar-refractivity contribution in [1.82, 2.24) is 13.9 Å². The summed E-state index contributed by atoms with van der Waals surface area (Å²) in [5.74, 6) is 0. The first-order valence-electron chi connectivity index (χ1n) is 6.51. The first kappa shape index (κ1) is 14.9. The fourth-order valence-corrected chi connectivity index (χ4v) is 3.43. The molecule has 1 rings (SSSR count). The summed E-state index contributed by atoms with van der Waals surface area (Å²) in [4.78, 5) is 0. The highest BCUT2D eigenvalue weighted by Crippen LogP contribution is 2.15.